The van der Waals surface area contributed by atoms with Crippen molar-refractivity contribution in [3.8, 4) is 0 Å². The summed E-state index contributed by atoms with van der Waals surface area (Å²) >= 11 is 0. The predicted octanol–water partition coefficient (Wildman–Crippen LogP) is 2.14. The molecule has 0 aliphatic carbocycles. The Morgan fingerprint density at radius 3 is 3.12 bits per heavy atom. The van der Waals surface area contributed by atoms with Crippen molar-refractivity contribution >= 4 is 17.3 Å². The normalized spacial score (nSPS) is 23.4. The molecule has 0 aromatic heterocycles. The van der Waals surface area contributed by atoms with E-state index in [4.69, 9.17) is 0 Å². The Hall–Kier alpha value is -1.58. The number of amides is 1. The number of carbonyl (C=O) groups is 1. The SMILES string of the molecule is O=C1Nc2cc(F)ccc2N2CCCC[C@@H]12. The van der Waals surface area contributed by atoms with Gasteiger partial charge in [-0.2, -0.15) is 0 Å². The lowest BCUT2D eigenvalue weighted by Crippen LogP contribution is -2.50. The van der Waals surface area contributed by atoms with Crippen LogP contribution in [0.2, 0.25) is 0 Å². The van der Waals surface area contributed by atoms with Gasteiger partial charge < -0.3 is 10.2 Å². The summed E-state index contributed by atoms with van der Waals surface area (Å²) in [5.41, 5.74) is 1.55. The molecular weight excluding hydrogens is 207 g/mol. The van der Waals surface area contributed by atoms with Crippen molar-refractivity contribution < 1.29 is 9.18 Å². The lowest BCUT2D eigenvalue weighted by atomic mass is 9.97. The van der Waals surface area contributed by atoms with Gasteiger partial charge in [-0.15, -0.1) is 0 Å². The van der Waals surface area contributed by atoms with Crippen molar-refractivity contribution in [3.63, 3.8) is 0 Å². The standard InChI is InChI=1S/C12H13FN2O/c13-8-4-5-10-9(7-8)14-12(16)11-3-1-2-6-15(10)11/h4-5,7,11H,1-3,6H2,(H,14,16)/t11-/m0/s1. The summed E-state index contributed by atoms with van der Waals surface area (Å²) in [5, 5.41) is 2.78. The second-order valence-electron chi connectivity index (χ2n) is 4.36. The molecule has 1 aromatic carbocycles. The number of anilines is 2. The first-order valence-electron chi connectivity index (χ1n) is 5.63. The second kappa shape index (κ2) is 3.47. The van der Waals surface area contributed by atoms with Gasteiger partial charge in [-0.05, 0) is 37.5 Å². The molecule has 16 heavy (non-hydrogen) atoms. The molecular formula is C12H13FN2O. The number of halogens is 1. The largest absolute Gasteiger partial charge is 0.358 e. The van der Waals surface area contributed by atoms with E-state index in [0.717, 1.165) is 31.5 Å². The summed E-state index contributed by atoms with van der Waals surface area (Å²) in [5.74, 6) is -0.313. The molecule has 1 N–H and O–H groups in total. The fourth-order valence-corrected chi connectivity index (χ4v) is 2.57. The summed E-state index contributed by atoms with van der Waals surface area (Å²) in [7, 11) is 0. The van der Waals surface area contributed by atoms with Gasteiger partial charge in [0, 0.05) is 6.54 Å². The molecule has 4 heteroatoms. The summed E-state index contributed by atoms with van der Waals surface area (Å²) in [6, 6.07) is 4.52. The van der Waals surface area contributed by atoms with E-state index in [-0.39, 0.29) is 17.8 Å². The molecule has 1 atom stereocenters. The summed E-state index contributed by atoms with van der Waals surface area (Å²) < 4.78 is 13.1. The van der Waals surface area contributed by atoms with Crippen LogP contribution in [0.1, 0.15) is 19.3 Å². The van der Waals surface area contributed by atoms with Crippen LogP contribution in [-0.4, -0.2) is 18.5 Å². The summed E-state index contributed by atoms with van der Waals surface area (Å²) in [6.07, 6.45) is 3.08. The van der Waals surface area contributed by atoms with Crippen LogP contribution in [0.25, 0.3) is 0 Å². The number of rotatable bonds is 0. The van der Waals surface area contributed by atoms with Crippen molar-refractivity contribution in [2.75, 3.05) is 16.8 Å². The molecule has 1 amide bonds. The summed E-state index contributed by atoms with van der Waals surface area (Å²) in [6.45, 7) is 0.886. The zero-order chi connectivity index (χ0) is 11.1. The molecule has 1 aromatic rings. The number of benzene rings is 1. The Labute approximate surface area is 93.2 Å². The van der Waals surface area contributed by atoms with Crippen LogP contribution in [0.15, 0.2) is 18.2 Å². The van der Waals surface area contributed by atoms with E-state index < -0.39 is 0 Å². The van der Waals surface area contributed by atoms with Gasteiger partial charge >= 0.3 is 0 Å². The fourth-order valence-electron chi connectivity index (χ4n) is 2.57. The average Bonchev–Trinajstić information content (AvgIpc) is 2.29. The third-order valence-electron chi connectivity index (χ3n) is 3.33. The van der Waals surface area contributed by atoms with Gasteiger partial charge in [0.15, 0.2) is 0 Å². The first kappa shape index (κ1) is 9.63. The van der Waals surface area contributed by atoms with Gasteiger partial charge in [-0.25, -0.2) is 4.39 Å². The van der Waals surface area contributed by atoms with E-state index in [1.54, 1.807) is 6.07 Å². The van der Waals surface area contributed by atoms with Crippen molar-refractivity contribution in [2.45, 2.75) is 25.3 Å². The highest BCUT2D eigenvalue weighted by atomic mass is 19.1. The van der Waals surface area contributed by atoms with E-state index in [1.807, 2.05) is 0 Å². The van der Waals surface area contributed by atoms with Crippen LogP contribution in [-0.2, 0) is 4.79 Å². The molecule has 2 aliphatic heterocycles. The second-order valence-corrected chi connectivity index (χ2v) is 4.36. The quantitative estimate of drug-likeness (QED) is 0.726. The lowest BCUT2D eigenvalue weighted by Gasteiger charge is -2.41. The van der Waals surface area contributed by atoms with E-state index in [9.17, 15) is 9.18 Å². The van der Waals surface area contributed by atoms with Crippen molar-refractivity contribution in [1.29, 1.82) is 0 Å². The van der Waals surface area contributed by atoms with Gasteiger partial charge in [-0.1, -0.05) is 0 Å². The monoisotopic (exact) mass is 220 g/mol. The zero-order valence-corrected chi connectivity index (χ0v) is 8.87. The highest BCUT2D eigenvalue weighted by molar-refractivity contribution is 6.03. The minimum atomic E-state index is -0.311. The molecule has 2 aliphatic rings. The molecule has 1 saturated heterocycles. The molecule has 3 rings (SSSR count). The molecule has 2 heterocycles. The molecule has 1 fully saturated rings. The minimum absolute atomic E-state index is 0.00204. The number of nitrogens with zero attached hydrogens (tertiary/aromatic N) is 1. The Morgan fingerprint density at radius 1 is 1.38 bits per heavy atom. The smallest absolute Gasteiger partial charge is 0.247 e. The molecule has 0 unspecified atom stereocenters. The number of nitrogens with one attached hydrogen (secondary N) is 1. The van der Waals surface area contributed by atoms with Gasteiger partial charge in [0.05, 0.1) is 11.4 Å². The summed E-state index contributed by atoms with van der Waals surface area (Å²) in [4.78, 5) is 13.9. The highest BCUT2D eigenvalue weighted by Gasteiger charge is 2.34. The topological polar surface area (TPSA) is 32.3 Å². The minimum Gasteiger partial charge on any atom is -0.358 e. The number of carbonyl (C=O) groups excluding carboxylic acids is 1. The van der Waals surface area contributed by atoms with Crippen LogP contribution < -0.4 is 10.2 Å². The number of fused-ring (bicyclic) bond motifs is 3. The molecule has 3 nitrogen and oxygen atoms in total. The van der Waals surface area contributed by atoms with Crippen molar-refractivity contribution in [3.05, 3.63) is 24.0 Å². The molecule has 0 radical (unpaired) electrons. The predicted molar refractivity (Wildman–Crippen MR) is 60.0 cm³/mol. The third-order valence-corrected chi connectivity index (χ3v) is 3.33. The first-order chi connectivity index (χ1) is 7.75. The Kier molecular flexibility index (Phi) is 2.09. The average molecular weight is 220 g/mol. The van der Waals surface area contributed by atoms with Gasteiger partial charge in [0.2, 0.25) is 5.91 Å². The van der Waals surface area contributed by atoms with Gasteiger partial charge in [0.1, 0.15) is 11.9 Å². The fraction of sp³-hybridized carbons (Fsp3) is 0.417. The van der Waals surface area contributed by atoms with Gasteiger partial charge in [0.25, 0.3) is 0 Å². The number of hydrogen-bond acceptors (Lipinski definition) is 2. The molecule has 84 valence electrons. The van der Waals surface area contributed by atoms with E-state index >= 15 is 0 Å². The highest BCUT2D eigenvalue weighted by Crippen LogP contribution is 2.35. The van der Waals surface area contributed by atoms with Crippen LogP contribution >= 0.6 is 0 Å². The van der Waals surface area contributed by atoms with Crippen LogP contribution in [0.3, 0.4) is 0 Å². The number of piperidine rings is 1. The van der Waals surface area contributed by atoms with Gasteiger partial charge in [-0.3, -0.25) is 4.79 Å². The van der Waals surface area contributed by atoms with Crippen LogP contribution in [0, 0.1) is 5.82 Å². The van der Waals surface area contributed by atoms with Crippen LogP contribution in [0.5, 0.6) is 0 Å². The van der Waals surface area contributed by atoms with Crippen molar-refractivity contribution in [2.24, 2.45) is 0 Å². The van der Waals surface area contributed by atoms with E-state index in [1.165, 1.54) is 12.1 Å². The Bertz CT molecular complexity index is 447. The maximum Gasteiger partial charge on any atom is 0.247 e. The molecule has 0 spiro atoms. The van der Waals surface area contributed by atoms with Crippen LogP contribution in [0.4, 0.5) is 15.8 Å². The first-order valence-corrected chi connectivity index (χ1v) is 5.63. The molecule has 0 saturated carbocycles. The molecule has 0 bridgehead atoms. The lowest BCUT2D eigenvalue weighted by molar-refractivity contribution is -0.118. The van der Waals surface area contributed by atoms with E-state index in [0.29, 0.717) is 5.69 Å². The van der Waals surface area contributed by atoms with Crippen molar-refractivity contribution in [1.82, 2.24) is 0 Å². The maximum absolute atomic E-state index is 13.1. The Balaban J connectivity index is 2.06. The van der Waals surface area contributed by atoms with E-state index in [2.05, 4.69) is 10.2 Å². The Morgan fingerprint density at radius 2 is 2.25 bits per heavy atom. The number of hydrogen-bond donors (Lipinski definition) is 1. The third kappa shape index (κ3) is 1.37. The zero-order valence-electron chi connectivity index (χ0n) is 8.87. The maximum atomic E-state index is 13.1.